The lowest BCUT2D eigenvalue weighted by molar-refractivity contribution is -0.122. The standard InChI is InChI=1S/C18H28N4O3S/c1-24-12-4-7-19-17(23)14-21-8-10-22(11-9-21)18(26)20-15-5-3-6-16(13-15)25-2/h3,5-6,13H,4,7-12,14H2,1-2H3,(H,19,23)(H,20,26). The van der Waals surface area contributed by atoms with Gasteiger partial charge in [-0.2, -0.15) is 0 Å². The minimum Gasteiger partial charge on any atom is -0.497 e. The fourth-order valence-electron chi connectivity index (χ4n) is 2.72. The Morgan fingerprint density at radius 1 is 1.23 bits per heavy atom. The highest BCUT2D eigenvalue weighted by Crippen LogP contribution is 2.17. The lowest BCUT2D eigenvalue weighted by atomic mass is 10.3. The van der Waals surface area contributed by atoms with Crippen LogP contribution in [0.3, 0.4) is 0 Å². The maximum Gasteiger partial charge on any atom is 0.234 e. The number of amides is 1. The summed E-state index contributed by atoms with van der Waals surface area (Å²) in [7, 11) is 3.30. The lowest BCUT2D eigenvalue weighted by Crippen LogP contribution is -2.52. The van der Waals surface area contributed by atoms with Gasteiger partial charge in [0.05, 0.1) is 13.7 Å². The fraction of sp³-hybridized carbons (Fsp3) is 0.556. The Kier molecular flexibility index (Phi) is 8.60. The van der Waals surface area contributed by atoms with Crippen molar-refractivity contribution in [2.75, 3.05) is 65.4 Å². The van der Waals surface area contributed by atoms with Crippen molar-refractivity contribution in [3.8, 4) is 5.75 Å². The summed E-state index contributed by atoms with van der Waals surface area (Å²) in [5, 5.41) is 6.86. The molecule has 1 saturated heterocycles. The Labute approximate surface area is 160 Å². The molecule has 7 nitrogen and oxygen atoms in total. The van der Waals surface area contributed by atoms with E-state index in [1.54, 1.807) is 14.2 Å². The average Bonchev–Trinajstić information content (AvgIpc) is 2.66. The number of carbonyl (C=O) groups excluding carboxylic acids is 1. The molecule has 0 atom stereocenters. The van der Waals surface area contributed by atoms with Crippen LogP contribution in [0.4, 0.5) is 5.69 Å². The highest BCUT2D eigenvalue weighted by Gasteiger charge is 2.20. The van der Waals surface area contributed by atoms with Gasteiger partial charge in [0.2, 0.25) is 5.91 Å². The molecule has 2 N–H and O–H groups in total. The van der Waals surface area contributed by atoms with E-state index >= 15 is 0 Å². The van der Waals surface area contributed by atoms with Gasteiger partial charge in [0.1, 0.15) is 5.75 Å². The van der Waals surface area contributed by atoms with Crippen molar-refractivity contribution in [2.24, 2.45) is 0 Å². The van der Waals surface area contributed by atoms with Crippen molar-refractivity contribution >= 4 is 28.9 Å². The first-order chi connectivity index (χ1) is 12.6. The van der Waals surface area contributed by atoms with Crippen molar-refractivity contribution in [1.82, 2.24) is 15.1 Å². The predicted molar refractivity (Wildman–Crippen MR) is 107 cm³/mol. The van der Waals surface area contributed by atoms with Crippen LogP contribution in [0.1, 0.15) is 6.42 Å². The van der Waals surface area contributed by atoms with E-state index in [0.717, 1.165) is 44.0 Å². The number of rotatable bonds is 8. The van der Waals surface area contributed by atoms with Gasteiger partial charge in [0.15, 0.2) is 5.11 Å². The third kappa shape index (κ3) is 6.78. The second-order valence-corrected chi connectivity index (χ2v) is 6.51. The largest absolute Gasteiger partial charge is 0.497 e. The summed E-state index contributed by atoms with van der Waals surface area (Å²) in [5.41, 5.74) is 0.909. The summed E-state index contributed by atoms with van der Waals surface area (Å²) in [5.74, 6) is 0.853. The van der Waals surface area contributed by atoms with Crippen LogP contribution in [0.5, 0.6) is 5.75 Å². The van der Waals surface area contributed by atoms with E-state index in [0.29, 0.717) is 24.8 Å². The van der Waals surface area contributed by atoms with E-state index in [1.807, 2.05) is 24.3 Å². The van der Waals surface area contributed by atoms with E-state index in [-0.39, 0.29) is 5.91 Å². The number of hydrogen-bond acceptors (Lipinski definition) is 5. The number of nitrogens with zero attached hydrogens (tertiary/aromatic N) is 2. The van der Waals surface area contributed by atoms with Crippen molar-refractivity contribution in [2.45, 2.75) is 6.42 Å². The van der Waals surface area contributed by atoms with Crippen molar-refractivity contribution in [1.29, 1.82) is 0 Å². The molecule has 2 rings (SSSR count). The minimum absolute atomic E-state index is 0.0617. The molecule has 0 unspecified atom stereocenters. The Bertz CT molecular complexity index is 592. The van der Waals surface area contributed by atoms with Gasteiger partial charge in [-0.25, -0.2) is 0 Å². The number of piperazine rings is 1. The summed E-state index contributed by atoms with van der Waals surface area (Å²) in [6.07, 6.45) is 0.834. The van der Waals surface area contributed by atoms with Gasteiger partial charge in [0, 0.05) is 58.2 Å². The van der Waals surface area contributed by atoms with Crippen LogP contribution in [0.15, 0.2) is 24.3 Å². The minimum atomic E-state index is 0.0617. The summed E-state index contributed by atoms with van der Waals surface area (Å²) < 4.78 is 10.2. The van der Waals surface area contributed by atoms with Crippen LogP contribution in [0.2, 0.25) is 0 Å². The highest BCUT2D eigenvalue weighted by molar-refractivity contribution is 7.80. The molecule has 0 aliphatic carbocycles. The molecule has 1 fully saturated rings. The molecule has 1 aliphatic rings. The number of carbonyl (C=O) groups is 1. The molecule has 1 aromatic rings. The van der Waals surface area contributed by atoms with Crippen LogP contribution >= 0.6 is 12.2 Å². The van der Waals surface area contributed by atoms with Gasteiger partial charge in [-0.1, -0.05) is 6.07 Å². The van der Waals surface area contributed by atoms with Crippen molar-refractivity contribution in [3.05, 3.63) is 24.3 Å². The van der Waals surface area contributed by atoms with Crippen molar-refractivity contribution in [3.63, 3.8) is 0 Å². The van der Waals surface area contributed by atoms with Gasteiger partial charge in [-0.05, 0) is 30.8 Å². The smallest absolute Gasteiger partial charge is 0.234 e. The molecule has 1 aromatic carbocycles. The van der Waals surface area contributed by atoms with E-state index < -0.39 is 0 Å². The number of benzene rings is 1. The first-order valence-electron chi connectivity index (χ1n) is 8.80. The van der Waals surface area contributed by atoms with Crippen molar-refractivity contribution < 1.29 is 14.3 Å². The molecule has 0 radical (unpaired) electrons. The molecule has 0 bridgehead atoms. The predicted octanol–water partition coefficient (Wildman–Crippen LogP) is 1.16. The molecule has 0 aromatic heterocycles. The third-order valence-corrected chi connectivity index (χ3v) is 4.56. The Morgan fingerprint density at radius 3 is 2.69 bits per heavy atom. The first kappa shape index (κ1) is 20.4. The van der Waals surface area contributed by atoms with E-state index in [1.165, 1.54) is 0 Å². The van der Waals surface area contributed by atoms with Crippen LogP contribution < -0.4 is 15.4 Å². The SMILES string of the molecule is COCCCNC(=O)CN1CCN(C(=S)Nc2cccc(OC)c2)CC1. The Balaban J connectivity index is 1.70. The molecule has 0 saturated carbocycles. The van der Waals surface area contributed by atoms with E-state index in [9.17, 15) is 4.79 Å². The molecule has 8 heteroatoms. The zero-order valence-electron chi connectivity index (χ0n) is 15.5. The second-order valence-electron chi connectivity index (χ2n) is 6.12. The quantitative estimate of drug-likeness (QED) is 0.518. The number of ether oxygens (including phenoxy) is 2. The van der Waals surface area contributed by atoms with Gasteiger partial charge >= 0.3 is 0 Å². The highest BCUT2D eigenvalue weighted by atomic mass is 32.1. The van der Waals surface area contributed by atoms with Crippen LogP contribution in [-0.4, -0.2) is 80.9 Å². The van der Waals surface area contributed by atoms with Crippen LogP contribution in [0.25, 0.3) is 0 Å². The zero-order valence-corrected chi connectivity index (χ0v) is 16.3. The summed E-state index contributed by atoms with van der Waals surface area (Å²) in [6.45, 7) is 4.96. The van der Waals surface area contributed by atoms with Crippen LogP contribution in [0, 0.1) is 0 Å². The molecule has 1 aliphatic heterocycles. The summed E-state index contributed by atoms with van der Waals surface area (Å²) >= 11 is 5.51. The molecule has 1 amide bonds. The molecule has 1 heterocycles. The van der Waals surface area contributed by atoms with Gasteiger partial charge in [-0.15, -0.1) is 0 Å². The van der Waals surface area contributed by atoms with E-state index in [4.69, 9.17) is 21.7 Å². The average molecular weight is 381 g/mol. The molecule has 26 heavy (non-hydrogen) atoms. The summed E-state index contributed by atoms with van der Waals surface area (Å²) in [6, 6.07) is 7.69. The molecular formula is C18H28N4O3S. The first-order valence-corrected chi connectivity index (χ1v) is 9.21. The Morgan fingerprint density at radius 2 is 2.00 bits per heavy atom. The maximum absolute atomic E-state index is 11.9. The lowest BCUT2D eigenvalue weighted by Gasteiger charge is -2.35. The molecule has 0 spiro atoms. The van der Waals surface area contributed by atoms with Gasteiger partial charge in [0.25, 0.3) is 0 Å². The number of thiocarbonyl (C=S) groups is 1. The number of hydrogen-bond donors (Lipinski definition) is 2. The topological polar surface area (TPSA) is 66.1 Å². The molecule has 144 valence electrons. The van der Waals surface area contributed by atoms with Gasteiger partial charge < -0.3 is 25.0 Å². The maximum atomic E-state index is 11.9. The normalized spacial score (nSPS) is 14.8. The van der Waals surface area contributed by atoms with Gasteiger partial charge in [-0.3, -0.25) is 9.69 Å². The second kappa shape index (κ2) is 10.9. The monoisotopic (exact) mass is 380 g/mol. The summed E-state index contributed by atoms with van der Waals surface area (Å²) in [4.78, 5) is 16.2. The number of methoxy groups -OCH3 is 2. The fourth-order valence-corrected chi connectivity index (χ4v) is 3.02. The number of anilines is 1. The Hall–Kier alpha value is -1.90. The zero-order chi connectivity index (χ0) is 18.8. The van der Waals surface area contributed by atoms with Crippen LogP contribution in [-0.2, 0) is 9.53 Å². The number of nitrogens with one attached hydrogen (secondary N) is 2. The van der Waals surface area contributed by atoms with E-state index in [2.05, 4.69) is 20.4 Å². The third-order valence-electron chi connectivity index (χ3n) is 4.20. The molecular weight excluding hydrogens is 352 g/mol.